The van der Waals surface area contributed by atoms with Crippen molar-refractivity contribution in [1.29, 1.82) is 0 Å². The van der Waals surface area contributed by atoms with Crippen molar-refractivity contribution in [2.45, 2.75) is 56.2 Å². The van der Waals surface area contributed by atoms with Crippen LogP contribution in [0.2, 0.25) is 0 Å². The molecule has 0 aliphatic heterocycles. The summed E-state index contributed by atoms with van der Waals surface area (Å²) < 4.78 is 19.4. The van der Waals surface area contributed by atoms with Crippen LogP contribution in [0.15, 0.2) is 48.5 Å². The van der Waals surface area contributed by atoms with Gasteiger partial charge in [0.05, 0.1) is 0 Å². The lowest BCUT2D eigenvalue weighted by molar-refractivity contribution is 0.239. The molecule has 2 aliphatic carbocycles. The molecule has 4 N–H and O–H groups in total. The monoisotopic (exact) mass is 354 g/mol. The molecular formula is C22H27FN2O. The molecule has 138 valence electrons. The summed E-state index contributed by atoms with van der Waals surface area (Å²) in [6, 6.07) is 15.2. The van der Waals surface area contributed by atoms with Gasteiger partial charge in [0.1, 0.15) is 18.2 Å². The maximum absolute atomic E-state index is 13.7. The third-order valence-electron chi connectivity index (χ3n) is 6.15. The van der Waals surface area contributed by atoms with E-state index in [0.29, 0.717) is 23.4 Å². The lowest BCUT2D eigenvalue weighted by Gasteiger charge is -2.36. The van der Waals surface area contributed by atoms with E-state index in [9.17, 15) is 4.39 Å². The molecule has 26 heavy (non-hydrogen) atoms. The second-order valence-corrected chi connectivity index (χ2v) is 7.97. The average molecular weight is 354 g/mol. The van der Waals surface area contributed by atoms with Gasteiger partial charge in [-0.3, -0.25) is 0 Å². The fraction of sp³-hybridized carbons (Fsp3) is 0.455. The molecular weight excluding hydrogens is 327 g/mol. The molecule has 4 rings (SSSR count). The highest BCUT2D eigenvalue weighted by atomic mass is 19.1. The van der Waals surface area contributed by atoms with Gasteiger partial charge in [0, 0.05) is 17.1 Å². The SMILES string of the molecule is NC1CCC(N)([C@H]2C[C@H]2c2ccc(OCc3ccccc3F)cc2)CC1. The Morgan fingerprint density at radius 3 is 2.42 bits per heavy atom. The van der Waals surface area contributed by atoms with E-state index in [4.69, 9.17) is 16.2 Å². The van der Waals surface area contributed by atoms with E-state index in [-0.39, 0.29) is 18.0 Å². The number of halogens is 1. The van der Waals surface area contributed by atoms with E-state index in [1.54, 1.807) is 12.1 Å². The fourth-order valence-corrected chi connectivity index (χ4v) is 4.33. The molecule has 0 heterocycles. The third kappa shape index (κ3) is 3.62. The van der Waals surface area contributed by atoms with Crippen LogP contribution < -0.4 is 16.2 Å². The van der Waals surface area contributed by atoms with Gasteiger partial charge in [0.25, 0.3) is 0 Å². The average Bonchev–Trinajstić information content (AvgIpc) is 3.46. The van der Waals surface area contributed by atoms with Gasteiger partial charge in [-0.25, -0.2) is 4.39 Å². The van der Waals surface area contributed by atoms with Gasteiger partial charge in [-0.05, 0) is 67.7 Å². The highest BCUT2D eigenvalue weighted by Gasteiger charge is 2.51. The Kier molecular flexibility index (Phi) is 4.72. The first-order valence-corrected chi connectivity index (χ1v) is 9.56. The van der Waals surface area contributed by atoms with Crippen LogP contribution in [-0.4, -0.2) is 11.6 Å². The highest BCUT2D eigenvalue weighted by molar-refractivity contribution is 5.34. The lowest BCUT2D eigenvalue weighted by Crippen LogP contribution is -2.48. The van der Waals surface area contributed by atoms with Crippen LogP contribution in [0.4, 0.5) is 4.39 Å². The van der Waals surface area contributed by atoms with Gasteiger partial charge in [-0.2, -0.15) is 0 Å². The smallest absolute Gasteiger partial charge is 0.129 e. The first-order chi connectivity index (χ1) is 12.5. The predicted molar refractivity (Wildman–Crippen MR) is 101 cm³/mol. The summed E-state index contributed by atoms with van der Waals surface area (Å²) in [5, 5.41) is 0. The minimum Gasteiger partial charge on any atom is -0.489 e. The number of hydrogen-bond donors (Lipinski definition) is 2. The molecule has 0 spiro atoms. The van der Waals surface area contributed by atoms with Gasteiger partial charge in [-0.15, -0.1) is 0 Å². The summed E-state index contributed by atoms with van der Waals surface area (Å²) in [7, 11) is 0. The molecule has 3 nitrogen and oxygen atoms in total. The number of benzene rings is 2. The molecule has 4 heteroatoms. The Morgan fingerprint density at radius 2 is 1.73 bits per heavy atom. The summed E-state index contributed by atoms with van der Waals surface area (Å²) in [5.74, 6) is 1.65. The zero-order valence-corrected chi connectivity index (χ0v) is 15.0. The van der Waals surface area contributed by atoms with Gasteiger partial charge >= 0.3 is 0 Å². The van der Waals surface area contributed by atoms with Gasteiger partial charge in [0.15, 0.2) is 0 Å². The third-order valence-corrected chi connectivity index (χ3v) is 6.15. The molecule has 0 radical (unpaired) electrons. The van der Waals surface area contributed by atoms with Crippen LogP contribution in [0, 0.1) is 11.7 Å². The van der Waals surface area contributed by atoms with E-state index < -0.39 is 0 Å². The van der Waals surface area contributed by atoms with Crippen molar-refractivity contribution >= 4 is 0 Å². The van der Waals surface area contributed by atoms with Gasteiger partial charge < -0.3 is 16.2 Å². The molecule has 2 fully saturated rings. The van der Waals surface area contributed by atoms with Crippen LogP contribution in [-0.2, 0) is 6.61 Å². The molecule has 0 amide bonds. The van der Waals surface area contributed by atoms with E-state index in [1.807, 2.05) is 18.2 Å². The quantitative estimate of drug-likeness (QED) is 0.849. The molecule has 2 aromatic carbocycles. The van der Waals surface area contributed by atoms with Crippen molar-refractivity contribution in [3.63, 3.8) is 0 Å². The molecule has 2 saturated carbocycles. The van der Waals surface area contributed by atoms with Crippen LogP contribution in [0.25, 0.3) is 0 Å². The molecule has 0 unspecified atom stereocenters. The van der Waals surface area contributed by atoms with E-state index in [1.165, 1.54) is 18.1 Å². The van der Waals surface area contributed by atoms with Crippen molar-refractivity contribution in [2.24, 2.45) is 17.4 Å². The number of rotatable bonds is 5. The fourth-order valence-electron chi connectivity index (χ4n) is 4.33. The first-order valence-electron chi connectivity index (χ1n) is 9.56. The van der Waals surface area contributed by atoms with Crippen LogP contribution >= 0.6 is 0 Å². The molecule has 2 aliphatic rings. The Balaban J connectivity index is 1.35. The topological polar surface area (TPSA) is 61.3 Å². The summed E-state index contributed by atoms with van der Waals surface area (Å²) >= 11 is 0. The van der Waals surface area contributed by atoms with E-state index in [0.717, 1.165) is 31.4 Å². The largest absolute Gasteiger partial charge is 0.489 e. The maximum atomic E-state index is 13.7. The van der Waals surface area contributed by atoms with Gasteiger partial charge in [-0.1, -0.05) is 30.3 Å². The van der Waals surface area contributed by atoms with Crippen molar-refractivity contribution in [3.8, 4) is 5.75 Å². The second-order valence-electron chi connectivity index (χ2n) is 7.97. The predicted octanol–water partition coefficient (Wildman–Crippen LogP) is 4.11. The Bertz CT molecular complexity index is 753. The summed E-state index contributed by atoms with van der Waals surface area (Å²) in [6.07, 6.45) is 5.34. The summed E-state index contributed by atoms with van der Waals surface area (Å²) in [4.78, 5) is 0. The summed E-state index contributed by atoms with van der Waals surface area (Å²) in [5.41, 5.74) is 14.6. The Morgan fingerprint density at radius 1 is 1.04 bits per heavy atom. The normalized spacial score (nSPS) is 30.8. The Hall–Kier alpha value is -1.91. The molecule has 2 atom stereocenters. The van der Waals surface area contributed by atoms with E-state index in [2.05, 4.69) is 12.1 Å². The van der Waals surface area contributed by atoms with Crippen molar-refractivity contribution in [2.75, 3.05) is 0 Å². The van der Waals surface area contributed by atoms with E-state index >= 15 is 0 Å². The Labute approximate surface area is 154 Å². The first kappa shape index (κ1) is 17.5. The van der Waals surface area contributed by atoms with Crippen LogP contribution in [0.3, 0.4) is 0 Å². The highest BCUT2D eigenvalue weighted by Crippen LogP contribution is 2.56. The molecule has 0 bridgehead atoms. The second kappa shape index (κ2) is 7.01. The minimum atomic E-state index is -0.231. The van der Waals surface area contributed by atoms with Crippen molar-refractivity contribution in [3.05, 3.63) is 65.5 Å². The zero-order chi connectivity index (χ0) is 18.1. The van der Waals surface area contributed by atoms with Crippen LogP contribution in [0.5, 0.6) is 5.75 Å². The van der Waals surface area contributed by atoms with Crippen molar-refractivity contribution < 1.29 is 9.13 Å². The minimum absolute atomic E-state index is 0.0411. The molecule has 0 aromatic heterocycles. The number of ether oxygens (including phenoxy) is 1. The van der Waals surface area contributed by atoms with Gasteiger partial charge in [0.2, 0.25) is 0 Å². The number of hydrogen-bond acceptors (Lipinski definition) is 3. The van der Waals surface area contributed by atoms with Crippen molar-refractivity contribution in [1.82, 2.24) is 0 Å². The molecule has 2 aromatic rings. The lowest BCUT2D eigenvalue weighted by atomic mass is 9.76. The van der Waals surface area contributed by atoms with Crippen LogP contribution in [0.1, 0.15) is 49.1 Å². The maximum Gasteiger partial charge on any atom is 0.129 e. The zero-order valence-electron chi connectivity index (χ0n) is 15.0. The molecule has 0 saturated heterocycles. The number of nitrogens with two attached hydrogens (primary N) is 2. The standard InChI is InChI=1S/C22H27FN2O/c23-21-4-2-1-3-16(21)14-26-18-7-5-15(6-8-18)19-13-20(19)22(25)11-9-17(24)10-12-22/h1-8,17,19-20H,9-14,24-25H2/t17?,19-,20-,22?/m0/s1. The summed E-state index contributed by atoms with van der Waals surface area (Å²) in [6.45, 7) is 0.240.